The summed E-state index contributed by atoms with van der Waals surface area (Å²) < 4.78 is 71.6. The van der Waals surface area contributed by atoms with Gasteiger partial charge in [0.05, 0.1) is 36.3 Å². The third kappa shape index (κ3) is 6.04. The molecule has 0 radical (unpaired) electrons. The van der Waals surface area contributed by atoms with Gasteiger partial charge in [0, 0.05) is 29.1 Å². The minimum absolute atomic E-state index is 0.0103. The van der Waals surface area contributed by atoms with Gasteiger partial charge < -0.3 is 13.6 Å². The summed E-state index contributed by atoms with van der Waals surface area (Å²) in [6, 6.07) is 12.3. The summed E-state index contributed by atoms with van der Waals surface area (Å²) in [6.07, 6.45) is 2.52. The number of ether oxygens (including phenoxy) is 1. The molecule has 13 heteroatoms. The molecular weight excluding hydrogens is 580 g/mol. The van der Waals surface area contributed by atoms with Gasteiger partial charge in [0.2, 0.25) is 15.8 Å². The topological polar surface area (TPSA) is 127 Å². The molecule has 0 aliphatic heterocycles. The van der Waals surface area contributed by atoms with Gasteiger partial charge in [0.1, 0.15) is 11.3 Å². The van der Waals surface area contributed by atoms with Gasteiger partial charge in [0.25, 0.3) is 10.0 Å². The van der Waals surface area contributed by atoms with Crippen molar-refractivity contribution < 1.29 is 35.2 Å². The molecule has 214 valence electrons. The number of esters is 1. The van der Waals surface area contributed by atoms with Crippen LogP contribution in [-0.4, -0.2) is 46.5 Å². The van der Waals surface area contributed by atoms with Crippen LogP contribution in [0.5, 0.6) is 0 Å². The van der Waals surface area contributed by atoms with Crippen LogP contribution in [-0.2, 0) is 37.9 Å². The quantitative estimate of drug-likeness (QED) is 0.209. The van der Waals surface area contributed by atoms with Crippen molar-refractivity contribution in [1.29, 1.82) is 0 Å². The monoisotopic (exact) mass is 608 g/mol. The highest BCUT2D eigenvalue weighted by Crippen LogP contribution is 2.34. The lowest BCUT2D eigenvalue weighted by Crippen LogP contribution is -2.33. The van der Waals surface area contributed by atoms with E-state index in [0.717, 1.165) is 6.26 Å². The molecule has 0 saturated heterocycles. The van der Waals surface area contributed by atoms with Crippen LogP contribution >= 0.6 is 11.6 Å². The van der Waals surface area contributed by atoms with Gasteiger partial charge in [-0.2, -0.15) is 4.31 Å². The maximum atomic E-state index is 14.0. The number of hydrogen-bond donors (Lipinski definition) is 0. The normalized spacial score (nSPS) is 12.2. The molecule has 0 fully saturated rings. The number of sulfonamides is 2. The molecule has 40 heavy (non-hydrogen) atoms. The molecule has 0 saturated carbocycles. The molecular formula is C27H29ClN2O8S2. The Morgan fingerprint density at radius 1 is 1.02 bits per heavy atom. The van der Waals surface area contributed by atoms with E-state index in [1.807, 2.05) is 0 Å². The lowest BCUT2D eigenvalue weighted by molar-refractivity contribution is 0.0491. The molecule has 10 nitrogen and oxygen atoms in total. The van der Waals surface area contributed by atoms with Gasteiger partial charge in [0.15, 0.2) is 0 Å². The number of carbonyl (C=O) groups excluding carboxylic acids is 1. The number of aryl methyl sites for hydroxylation is 1. The Morgan fingerprint density at radius 3 is 2.40 bits per heavy atom. The Hall–Kier alpha value is -3.32. The molecule has 0 aliphatic carbocycles. The van der Waals surface area contributed by atoms with Gasteiger partial charge >= 0.3 is 5.97 Å². The lowest BCUT2D eigenvalue weighted by atomic mass is 10.1. The third-order valence-corrected chi connectivity index (χ3v) is 9.60. The van der Waals surface area contributed by atoms with Crippen molar-refractivity contribution >= 4 is 54.3 Å². The molecule has 4 rings (SSSR count). The van der Waals surface area contributed by atoms with E-state index in [1.165, 1.54) is 33.1 Å². The van der Waals surface area contributed by atoms with Crippen LogP contribution in [0.1, 0.15) is 41.3 Å². The molecule has 2 aromatic carbocycles. The Morgan fingerprint density at radius 2 is 1.77 bits per heavy atom. The van der Waals surface area contributed by atoms with Crippen LogP contribution in [0.3, 0.4) is 0 Å². The van der Waals surface area contributed by atoms with Gasteiger partial charge in [-0.05, 0) is 74.9 Å². The van der Waals surface area contributed by atoms with Crippen LogP contribution < -0.4 is 4.31 Å². The first-order chi connectivity index (χ1) is 18.9. The second kappa shape index (κ2) is 11.7. The highest BCUT2D eigenvalue weighted by Gasteiger charge is 2.29. The molecule has 0 aliphatic rings. The highest BCUT2D eigenvalue weighted by atomic mass is 35.5. The Labute approximate surface area is 238 Å². The zero-order chi connectivity index (χ0) is 29.2. The van der Waals surface area contributed by atoms with Crippen molar-refractivity contribution in [2.45, 2.75) is 38.8 Å². The van der Waals surface area contributed by atoms with E-state index >= 15 is 0 Å². The fraction of sp³-hybridized carbons (Fsp3) is 0.296. The van der Waals surface area contributed by atoms with E-state index < -0.39 is 26.0 Å². The van der Waals surface area contributed by atoms with Crippen molar-refractivity contribution in [2.24, 2.45) is 0 Å². The van der Waals surface area contributed by atoms with Gasteiger partial charge in [-0.15, -0.1) is 0 Å². The van der Waals surface area contributed by atoms with Gasteiger partial charge in [-0.1, -0.05) is 11.6 Å². The van der Waals surface area contributed by atoms with E-state index in [2.05, 4.69) is 0 Å². The first-order valence-corrected chi connectivity index (χ1v) is 16.0. The van der Waals surface area contributed by atoms with E-state index in [9.17, 15) is 21.6 Å². The fourth-order valence-corrected chi connectivity index (χ4v) is 6.80. The Balaban J connectivity index is 1.76. The molecule has 0 unspecified atom stereocenters. The maximum Gasteiger partial charge on any atom is 0.374 e. The summed E-state index contributed by atoms with van der Waals surface area (Å²) in [6.45, 7) is 5.03. The van der Waals surface area contributed by atoms with Crippen molar-refractivity contribution in [2.75, 3.05) is 23.7 Å². The zero-order valence-electron chi connectivity index (χ0n) is 22.4. The van der Waals surface area contributed by atoms with Gasteiger partial charge in [-0.25, -0.2) is 21.6 Å². The summed E-state index contributed by atoms with van der Waals surface area (Å²) in [4.78, 5) is 12.2. The van der Waals surface area contributed by atoms with E-state index in [0.29, 0.717) is 32.9 Å². The number of anilines is 1. The number of hydrogen-bond acceptors (Lipinski definition) is 8. The molecule has 0 spiro atoms. The predicted molar refractivity (Wildman–Crippen MR) is 151 cm³/mol. The van der Waals surface area contributed by atoms with Crippen LogP contribution in [0.2, 0.25) is 5.02 Å². The van der Waals surface area contributed by atoms with Crippen LogP contribution in [0.25, 0.3) is 11.0 Å². The SMILES string of the molecule is CCOC(=O)c1oc2ccc(S(=O)(=O)N(CC)c3ccc(Cl)cc3CN(Cc3ccco3)S(C)(=O)=O)cc2c1C. The number of nitrogens with zero attached hydrogens (tertiary/aromatic N) is 2. The Kier molecular flexibility index (Phi) is 8.64. The largest absolute Gasteiger partial charge is 0.468 e. The van der Waals surface area contributed by atoms with Crippen molar-refractivity contribution in [3.8, 4) is 0 Å². The average Bonchev–Trinajstić information content (AvgIpc) is 3.52. The van der Waals surface area contributed by atoms with E-state index in [-0.39, 0.29) is 42.6 Å². The van der Waals surface area contributed by atoms with Crippen LogP contribution in [0.15, 0.2) is 68.5 Å². The summed E-state index contributed by atoms with van der Waals surface area (Å²) in [5.74, 6) is -0.192. The van der Waals surface area contributed by atoms with Crippen LogP contribution in [0.4, 0.5) is 5.69 Å². The second-order valence-electron chi connectivity index (χ2n) is 8.99. The summed E-state index contributed by atoms with van der Waals surface area (Å²) in [5.41, 5.74) is 1.47. The molecule has 2 aromatic heterocycles. The molecule has 4 aromatic rings. The first-order valence-electron chi connectivity index (χ1n) is 12.4. The van der Waals surface area contributed by atoms with Crippen LogP contribution in [0, 0.1) is 6.92 Å². The van der Waals surface area contributed by atoms with E-state index in [1.54, 1.807) is 51.1 Å². The highest BCUT2D eigenvalue weighted by molar-refractivity contribution is 7.92. The lowest BCUT2D eigenvalue weighted by Gasteiger charge is -2.27. The standard InChI is InChI=1S/C27H29ClN2O8S2/c1-5-30(40(34,35)22-10-12-25-23(15-22)18(3)26(38-25)27(31)36-6-2)24-11-9-20(28)14-19(24)16-29(39(4,32)33)17-21-8-7-13-37-21/h7-15H,5-6,16-17H2,1-4H3. The van der Waals surface area contributed by atoms with Crippen molar-refractivity contribution in [1.82, 2.24) is 4.31 Å². The minimum atomic E-state index is -4.14. The van der Waals surface area contributed by atoms with Gasteiger partial charge in [-0.3, -0.25) is 4.31 Å². The summed E-state index contributed by atoms with van der Waals surface area (Å²) in [7, 11) is -7.86. The molecule has 0 bridgehead atoms. The number of furan rings is 2. The minimum Gasteiger partial charge on any atom is -0.468 e. The molecule has 0 amide bonds. The molecule has 0 N–H and O–H groups in total. The third-order valence-electron chi connectivity index (χ3n) is 6.28. The number of rotatable bonds is 11. The predicted octanol–water partition coefficient (Wildman–Crippen LogP) is 5.34. The fourth-order valence-electron chi connectivity index (χ4n) is 4.33. The maximum absolute atomic E-state index is 14.0. The summed E-state index contributed by atoms with van der Waals surface area (Å²) >= 11 is 6.27. The Bertz CT molecular complexity index is 1750. The molecule has 0 atom stereocenters. The van der Waals surface area contributed by atoms with Crippen molar-refractivity contribution in [3.05, 3.63) is 82.5 Å². The first kappa shape index (κ1) is 29.7. The second-order valence-corrected chi connectivity index (χ2v) is 13.3. The number of benzene rings is 2. The number of halogens is 1. The van der Waals surface area contributed by atoms with E-state index in [4.69, 9.17) is 25.2 Å². The number of carbonyl (C=O) groups is 1. The summed E-state index contributed by atoms with van der Waals surface area (Å²) in [5, 5.41) is 0.777. The average molecular weight is 609 g/mol. The van der Waals surface area contributed by atoms with Crippen molar-refractivity contribution in [3.63, 3.8) is 0 Å². The molecule has 2 heterocycles. The smallest absolute Gasteiger partial charge is 0.374 e. The zero-order valence-corrected chi connectivity index (χ0v) is 24.8. The number of fused-ring (bicyclic) bond motifs is 1.